The van der Waals surface area contributed by atoms with Crippen molar-refractivity contribution in [3.8, 4) is 0 Å². The van der Waals surface area contributed by atoms with Crippen LogP contribution in [-0.2, 0) is 16.1 Å². The van der Waals surface area contributed by atoms with E-state index < -0.39 is 0 Å². The van der Waals surface area contributed by atoms with Gasteiger partial charge in [0.15, 0.2) is 0 Å². The van der Waals surface area contributed by atoms with E-state index in [1.54, 1.807) is 4.90 Å². The predicted molar refractivity (Wildman–Crippen MR) is 99.1 cm³/mol. The highest BCUT2D eigenvalue weighted by atomic mass is 35.5. The normalized spacial score (nSPS) is 18.7. The highest BCUT2D eigenvalue weighted by molar-refractivity contribution is 6.31. The molecular weight excluding hydrogens is 356 g/mol. The zero-order chi connectivity index (χ0) is 18.4. The van der Waals surface area contributed by atoms with Gasteiger partial charge in [-0.2, -0.15) is 0 Å². The zero-order valence-electron chi connectivity index (χ0n) is 14.8. The van der Waals surface area contributed by atoms with Gasteiger partial charge in [0, 0.05) is 50.8 Å². The lowest BCUT2D eigenvalue weighted by Crippen LogP contribution is -2.55. The van der Waals surface area contributed by atoms with Gasteiger partial charge in [-0.15, -0.1) is 0 Å². The molecule has 142 valence electrons. The molecule has 0 aliphatic carbocycles. The van der Waals surface area contributed by atoms with Crippen LogP contribution < -0.4 is 5.32 Å². The molecule has 0 aromatic heterocycles. The van der Waals surface area contributed by atoms with Crippen molar-refractivity contribution in [2.75, 3.05) is 59.0 Å². The number of rotatable bonds is 4. The van der Waals surface area contributed by atoms with Gasteiger partial charge < -0.3 is 19.9 Å². The molecule has 0 radical (unpaired) electrons. The van der Waals surface area contributed by atoms with E-state index in [2.05, 4.69) is 10.2 Å². The van der Waals surface area contributed by atoms with Crippen LogP contribution in [0, 0.1) is 0 Å². The molecule has 0 unspecified atom stereocenters. The molecule has 8 heteroatoms. The largest absolute Gasteiger partial charge is 0.379 e. The molecule has 2 aliphatic heterocycles. The van der Waals surface area contributed by atoms with E-state index in [-0.39, 0.29) is 11.9 Å². The van der Waals surface area contributed by atoms with Crippen LogP contribution in [0.5, 0.6) is 0 Å². The molecule has 0 atom stereocenters. The summed E-state index contributed by atoms with van der Waals surface area (Å²) in [5, 5.41) is 3.54. The molecule has 0 bridgehead atoms. The van der Waals surface area contributed by atoms with Crippen molar-refractivity contribution in [3.05, 3.63) is 34.9 Å². The van der Waals surface area contributed by atoms with Crippen molar-refractivity contribution in [1.82, 2.24) is 20.0 Å². The topological polar surface area (TPSA) is 65.1 Å². The smallest absolute Gasteiger partial charge is 0.317 e. The standard InChI is InChI=1S/C18H25ClN4O3/c19-16-4-2-1-3-15(16)13-20-18(25)23-7-5-22(6-8-23)17(24)14-21-9-11-26-12-10-21/h1-4H,5-14H2,(H,20,25). The van der Waals surface area contributed by atoms with Crippen molar-refractivity contribution in [2.45, 2.75) is 6.54 Å². The van der Waals surface area contributed by atoms with Gasteiger partial charge in [-0.1, -0.05) is 29.8 Å². The first-order valence-corrected chi connectivity index (χ1v) is 9.35. The van der Waals surface area contributed by atoms with E-state index >= 15 is 0 Å². The molecule has 2 heterocycles. The summed E-state index contributed by atoms with van der Waals surface area (Å²) in [5.74, 6) is 0.128. The number of piperazine rings is 1. The van der Waals surface area contributed by atoms with E-state index in [4.69, 9.17) is 16.3 Å². The summed E-state index contributed by atoms with van der Waals surface area (Å²) in [6, 6.07) is 7.34. The van der Waals surface area contributed by atoms with Gasteiger partial charge in [0.2, 0.25) is 5.91 Å². The molecule has 0 saturated carbocycles. The summed E-state index contributed by atoms with van der Waals surface area (Å²) >= 11 is 6.11. The minimum Gasteiger partial charge on any atom is -0.379 e. The summed E-state index contributed by atoms with van der Waals surface area (Å²) in [7, 11) is 0. The average molecular weight is 381 g/mol. The summed E-state index contributed by atoms with van der Waals surface area (Å²) < 4.78 is 5.30. The number of hydrogen-bond donors (Lipinski definition) is 1. The van der Waals surface area contributed by atoms with Gasteiger partial charge in [0.25, 0.3) is 0 Å². The van der Waals surface area contributed by atoms with Crippen LogP contribution in [0.25, 0.3) is 0 Å². The highest BCUT2D eigenvalue weighted by Gasteiger charge is 2.25. The van der Waals surface area contributed by atoms with E-state index in [0.29, 0.717) is 57.5 Å². The molecule has 26 heavy (non-hydrogen) atoms. The molecule has 2 fully saturated rings. The summed E-state index contributed by atoms with van der Waals surface area (Å²) in [6.45, 7) is 6.04. The van der Waals surface area contributed by atoms with Gasteiger partial charge in [-0.3, -0.25) is 9.69 Å². The second kappa shape index (κ2) is 9.21. The Labute approximate surface area is 158 Å². The molecule has 1 N–H and O–H groups in total. The summed E-state index contributed by atoms with van der Waals surface area (Å²) in [5.41, 5.74) is 0.891. The van der Waals surface area contributed by atoms with Gasteiger partial charge in [0.05, 0.1) is 19.8 Å². The Kier molecular flexibility index (Phi) is 6.71. The Balaban J connectivity index is 1.40. The van der Waals surface area contributed by atoms with Crippen LogP contribution in [0.3, 0.4) is 0 Å². The first-order valence-electron chi connectivity index (χ1n) is 8.97. The average Bonchev–Trinajstić information content (AvgIpc) is 2.68. The molecule has 3 rings (SSSR count). The van der Waals surface area contributed by atoms with E-state index in [1.165, 1.54) is 0 Å². The summed E-state index contributed by atoms with van der Waals surface area (Å²) in [4.78, 5) is 30.4. The van der Waals surface area contributed by atoms with Crippen molar-refractivity contribution in [2.24, 2.45) is 0 Å². The van der Waals surface area contributed by atoms with Gasteiger partial charge in [-0.25, -0.2) is 4.79 Å². The van der Waals surface area contributed by atoms with E-state index in [0.717, 1.165) is 18.7 Å². The number of benzene rings is 1. The van der Waals surface area contributed by atoms with Crippen LogP contribution in [0.15, 0.2) is 24.3 Å². The predicted octanol–water partition coefficient (Wildman–Crippen LogP) is 1.03. The number of nitrogens with one attached hydrogen (secondary N) is 1. The molecular formula is C18H25ClN4O3. The van der Waals surface area contributed by atoms with Gasteiger partial charge in [-0.05, 0) is 11.6 Å². The van der Waals surface area contributed by atoms with Crippen molar-refractivity contribution < 1.29 is 14.3 Å². The number of hydrogen-bond acceptors (Lipinski definition) is 4. The fourth-order valence-electron chi connectivity index (χ4n) is 3.13. The monoisotopic (exact) mass is 380 g/mol. The van der Waals surface area contributed by atoms with Crippen molar-refractivity contribution in [1.29, 1.82) is 0 Å². The van der Waals surface area contributed by atoms with Crippen LogP contribution in [0.2, 0.25) is 5.02 Å². The Hall–Kier alpha value is -1.83. The number of ether oxygens (including phenoxy) is 1. The van der Waals surface area contributed by atoms with Crippen LogP contribution in [-0.4, -0.2) is 85.7 Å². The molecule has 7 nitrogen and oxygen atoms in total. The molecule has 2 saturated heterocycles. The molecule has 1 aromatic rings. The first-order chi connectivity index (χ1) is 12.6. The highest BCUT2D eigenvalue weighted by Crippen LogP contribution is 2.14. The third-order valence-corrected chi connectivity index (χ3v) is 5.14. The lowest BCUT2D eigenvalue weighted by atomic mass is 10.2. The maximum absolute atomic E-state index is 12.4. The number of morpholine rings is 1. The molecule has 1 aromatic carbocycles. The number of carbonyl (C=O) groups is 2. The van der Waals surface area contributed by atoms with Crippen LogP contribution in [0.1, 0.15) is 5.56 Å². The Morgan fingerprint density at radius 2 is 1.65 bits per heavy atom. The number of amides is 3. The van der Waals surface area contributed by atoms with Crippen LogP contribution in [0.4, 0.5) is 4.79 Å². The third kappa shape index (κ3) is 5.09. The van der Waals surface area contributed by atoms with Crippen molar-refractivity contribution in [3.63, 3.8) is 0 Å². The lowest BCUT2D eigenvalue weighted by Gasteiger charge is -2.36. The second-order valence-corrected chi connectivity index (χ2v) is 6.91. The number of halogens is 1. The Morgan fingerprint density at radius 1 is 1.00 bits per heavy atom. The Morgan fingerprint density at radius 3 is 2.35 bits per heavy atom. The van der Waals surface area contributed by atoms with Gasteiger partial charge in [0.1, 0.15) is 0 Å². The molecule has 2 aliphatic rings. The van der Waals surface area contributed by atoms with Crippen LogP contribution >= 0.6 is 11.6 Å². The second-order valence-electron chi connectivity index (χ2n) is 6.51. The van der Waals surface area contributed by atoms with Gasteiger partial charge >= 0.3 is 6.03 Å². The fraction of sp³-hybridized carbons (Fsp3) is 0.556. The number of carbonyl (C=O) groups excluding carboxylic acids is 2. The maximum atomic E-state index is 12.4. The third-order valence-electron chi connectivity index (χ3n) is 4.77. The first kappa shape index (κ1) is 18.9. The fourth-order valence-corrected chi connectivity index (χ4v) is 3.34. The van der Waals surface area contributed by atoms with Crippen molar-refractivity contribution >= 4 is 23.5 Å². The quantitative estimate of drug-likeness (QED) is 0.847. The number of nitrogens with zero attached hydrogens (tertiary/aromatic N) is 3. The number of urea groups is 1. The molecule has 0 spiro atoms. The lowest BCUT2D eigenvalue weighted by molar-refractivity contribution is -0.134. The van der Waals surface area contributed by atoms with E-state index in [9.17, 15) is 9.59 Å². The zero-order valence-corrected chi connectivity index (χ0v) is 15.6. The Bertz CT molecular complexity index is 629. The van der Waals surface area contributed by atoms with E-state index in [1.807, 2.05) is 29.2 Å². The maximum Gasteiger partial charge on any atom is 0.317 e. The SMILES string of the molecule is O=C(CN1CCOCC1)N1CCN(C(=O)NCc2ccccc2Cl)CC1. The molecule has 3 amide bonds. The summed E-state index contributed by atoms with van der Waals surface area (Å²) in [6.07, 6.45) is 0. The minimum atomic E-state index is -0.120. The minimum absolute atomic E-state index is 0.120.